The van der Waals surface area contributed by atoms with Gasteiger partial charge < -0.3 is 10.2 Å². The van der Waals surface area contributed by atoms with Gasteiger partial charge >= 0.3 is 0 Å². The molecule has 0 heterocycles. The number of nitrogens with one attached hydrogen (secondary N) is 1. The van der Waals surface area contributed by atoms with Crippen molar-refractivity contribution in [2.75, 3.05) is 25.5 Å². The van der Waals surface area contributed by atoms with Gasteiger partial charge in [0.05, 0.1) is 11.3 Å². The lowest BCUT2D eigenvalue weighted by atomic mass is 10.1. The van der Waals surface area contributed by atoms with Gasteiger partial charge in [0.25, 0.3) is 0 Å². The minimum atomic E-state index is 0.776. The first-order valence-corrected chi connectivity index (χ1v) is 6.54. The average molecular weight is 243 g/mol. The van der Waals surface area contributed by atoms with Gasteiger partial charge in [-0.2, -0.15) is 5.26 Å². The molecule has 0 bridgehead atoms. The topological polar surface area (TPSA) is 39.1 Å². The van der Waals surface area contributed by atoms with E-state index >= 15 is 0 Å². The zero-order chi connectivity index (χ0) is 13.1. The van der Waals surface area contributed by atoms with Crippen LogP contribution in [-0.2, 0) is 6.54 Å². The fourth-order valence-electron chi connectivity index (χ4n) is 2.42. The van der Waals surface area contributed by atoms with Crippen LogP contribution in [0.5, 0.6) is 0 Å². The van der Waals surface area contributed by atoms with Crippen LogP contribution in [0.2, 0.25) is 0 Å². The van der Waals surface area contributed by atoms with Crippen LogP contribution in [0.4, 0.5) is 5.69 Å². The highest BCUT2D eigenvalue weighted by Crippen LogP contribution is 2.39. The quantitative estimate of drug-likeness (QED) is 0.863. The molecule has 1 saturated carbocycles. The summed E-state index contributed by atoms with van der Waals surface area (Å²) < 4.78 is 0. The van der Waals surface area contributed by atoms with Crippen molar-refractivity contribution in [3.63, 3.8) is 0 Å². The van der Waals surface area contributed by atoms with E-state index in [4.69, 9.17) is 0 Å². The second kappa shape index (κ2) is 5.41. The van der Waals surface area contributed by atoms with Gasteiger partial charge in [0.15, 0.2) is 0 Å². The van der Waals surface area contributed by atoms with Crippen LogP contribution >= 0.6 is 0 Å². The van der Waals surface area contributed by atoms with Gasteiger partial charge in [0.2, 0.25) is 0 Å². The molecule has 1 aliphatic rings. The Morgan fingerprint density at radius 3 is 2.78 bits per heavy atom. The Labute approximate surface area is 109 Å². The van der Waals surface area contributed by atoms with Gasteiger partial charge in [-0.1, -0.05) is 13.0 Å². The number of rotatable bonds is 5. The highest BCUT2D eigenvalue weighted by Gasteiger charge is 2.33. The third kappa shape index (κ3) is 2.83. The molecule has 1 aromatic carbocycles. The minimum absolute atomic E-state index is 0.776. The van der Waals surface area contributed by atoms with E-state index in [0.29, 0.717) is 0 Å². The molecular weight excluding hydrogens is 222 g/mol. The number of nitrogens with zero attached hydrogens (tertiary/aromatic N) is 2. The van der Waals surface area contributed by atoms with E-state index in [1.807, 2.05) is 13.1 Å². The van der Waals surface area contributed by atoms with Crippen LogP contribution < -0.4 is 10.2 Å². The van der Waals surface area contributed by atoms with Crippen LogP contribution in [0, 0.1) is 23.2 Å². The fourth-order valence-corrected chi connectivity index (χ4v) is 2.42. The Morgan fingerprint density at radius 2 is 2.22 bits per heavy atom. The molecule has 1 N–H and O–H groups in total. The van der Waals surface area contributed by atoms with Gasteiger partial charge in [-0.25, -0.2) is 0 Å². The molecule has 3 nitrogen and oxygen atoms in total. The van der Waals surface area contributed by atoms with Crippen molar-refractivity contribution >= 4 is 5.69 Å². The largest absolute Gasteiger partial charge is 0.373 e. The predicted octanol–water partition coefficient (Wildman–Crippen LogP) is 2.37. The predicted molar refractivity (Wildman–Crippen MR) is 74.5 cm³/mol. The maximum atomic E-state index is 9.26. The van der Waals surface area contributed by atoms with Gasteiger partial charge in [-0.3, -0.25) is 0 Å². The Kier molecular flexibility index (Phi) is 3.88. The first-order chi connectivity index (χ1) is 8.65. The van der Waals surface area contributed by atoms with E-state index in [1.165, 1.54) is 6.42 Å². The second-order valence-electron chi connectivity index (χ2n) is 5.35. The molecule has 18 heavy (non-hydrogen) atoms. The average Bonchev–Trinajstić information content (AvgIpc) is 3.05. The first kappa shape index (κ1) is 12.9. The van der Waals surface area contributed by atoms with Crippen LogP contribution in [0.1, 0.15) is 24.5 Å². The van der Waals surface area contributed by atoms with E-state index in [9.17, 15) is 5.26 Å². The molecular formula is C15H21N3. The molecule has 3 heteroatoms. The van der Waals surface area contributed by atoms with E-state index in [-0.39, 0.29) is 0 Å². The molecule has 1 aliphatic carbocycles. The number of nitriles is 1. The summed E-state index contributed by atoms with van der Waals surface area (Å²) in [4.78, 5) is 2.22. The summed E-state index contributed by atoms with van der Waals surface area (Å²) in [7, 11) is 4.00. The fraction of sp³-hybridized carbons (Fsp3) is 0.533. The number of hydrogen-bond acceptors (Lipinski definition) is 3. The SMILES string of the molecule is CNCc1ccc(N(C)CC2CC2C)c(C#N)c1. The van der Waals surface area contributed by atoms with Crippen LogP contribution in [0.25, 0.3) is 0 Å². The van der Waals surface area contributed by atoms with Crippen molar-refractivity contribution in [2.45, 2.75) is 19.9 Å². The lowest BCUT2D eigenvalue weighted by Gasteiger charge is -2.21. The highest BCUT2D eigenvalue weighted by atomic mass is 15.1. The minimum Gasteiger partial charge on any atom is -0.373 e. The van der Waals surface area contributed by atoms with Gasteiger partial charge in [-0.15, -0.1) is 0 Å². The van der Waals surface area contributed by atoms with Crippen molar-refractivity contribution < 1.29 is 0 Å². The van der Waals surface area contributed by atoms with Gasteiger partial charge in [0.1, 0.15) is 6.07 Å². The zero-order valence-electron chi connectivity index (χ0n) is 11.4. The second-order valence-corrected chi connectivity index (χ2v) is 5.35. The molecule has 0 aliphatic heterocycles. The molecule has 0 radical (unpaired) electrons. The maximum Gasteiger partial charge on any atom is 0.101 e. The van der Waals surface area contributed by atoms with E-state index < -0.39 is 0 Å². The van der Waals surface area contributed by atoms with E-state index in [2.05, 4.69) is 42.4 Å². The van der Waals surface area contributed by atoms with Gasteiger partial charge in [0, 0.05) is 20.1 Å². The number of benzene rings is 1. The number of anilines is 1. The molecule has 0 saturated heterocycles. The third-order valence-corrected chi connectivity index (χ3v) is 3.76. The first-order valence-electron chi connectivity index (χ1n) is 6.54. The Morgan fingerprint density at radius 1 is 1.50 bits per heavy atom. The molecule has 1 fully saturated rings. The Balaban J connectivity index is 2.13. The van der Waals surface area contributed by atoms with Crippen molar-refractivity contribution in [3.8, 4) is 6.07 Å². The molecule has 2 atom stereocenters. The lowest BCUT2D eigenvalue weighted by molar-refractivity contribution is 0.724. The summed E-state index contributed by atoms with van der Waals surface area (Å²) in [5.74, 6) is 1.65. The summed E-state index contributed by atoms with van der Waals surface area (Å²) in [6.07, 6.45) is 1.32. The summed E-state index contributed by atoms with van der Waals surface area (Å²) >= 11 is 0. The molecule has 2 rings (SSSR count). The summed E-state index contributed by atoms with van der Waals surface area (Å²) in [6, 6.07) is 8.46. The Bertz CT molecular complexity index is 461. The van der Waals surface area contributed by atoms with Crippen molar-refractivity contribution in [1.82, 2.24) is 5.32 Å². The number of hydrogen-bond donors (Lipinski definition) is 1. The van der Waals surface area contributed by atoms with Crippen LogP contribution in [-0.4, -0.2) is 20.6 Å². The standard InChI is InChI=1S/C15H21N3/c1-11-6-14(11)10-18(3)15-5-4-12(9-17-2)7-13(15)8-16/h4-5,7,11,14,17H,6,9-10H2,1-3H3. The van der Waals surface area contributed by atoms with Crippen LogP contribution in [0.3, 0.4) is 0 Å². The van der Waals surface area contributed by atoms with Gasteiger partial charge in [-0.05, 0) is 43.0 Å². The van der Waals surface area contributed by atoms with Crippen molar-refractivity contribution in [3.05, 3.63) is 29.3 Å². The summed E-state index contributed by atoms with van der Waals surface area (Å²) in [5.41, 5.74) is 2.99. The monoisotopic (exact) mass is 243 g/mol. The Hall–Kier alpha value is -1.53. The van der Waals surface area contributed by atoms with Crippen LogP contribution in [0.15, 0.2) is 18.2 Å². The molecule has 0 aromatic heterocycles. The van der Waals surface area contributed by atoms with E-state index in [0.717, 1.165) is 41.7 Å². The van der Waals surface area contributed by atoms with Crippen molar-refractivity contribution in [1.29, 1.82) is 5.26 Å². The third-order valence-electron chi connectivity index (χ3n) is 3.76. The summed E-state index contributed by atoms with van der Waals surface area (Å²) in [5, 5.41) is 12.4. The highest BCUT2D eigenvalue weighted by molar-refractivity contribution is 5.60. The zero-order valence-corrected chi connectivity index (χ0v) is 11.4. The molecule has 96 valence electrons. The summed E-state index contributed by atoms with van der Waals surface area (Å²) in [6.45, 7) is 4.15. The van der Waals surface area contributed by atoms with E-state index in [1.54, 1.807) is 0 Å². The smallest absolute Gasteiger partial charge is 0.101 e. The normalized spacial score (nSPS) is 21.4. The van der Waals surface area contributed by atoms with Crippen molar-refractivity contribution in [2.24, 2.45) is 11.8 Å². The lowest BCUT2D eigenvalue weighted by Crippen LogP contribution is -2.21. The molecule has 1 aromatic rings. The molecule has 2 unspecified atom stereocenters. The maximum absolute atomic E-state index is 9.26. The molecule has 0 amide bonds. The molecule has 0 spiro atoms.